The zero-order valence-electron chi connectivity index (χ0n) is 41.6. The first-order valence-electron chi connectivity index (χ1n) is 25.9. The molecule has 0 spiro atoms. The minimum Gasteiger partial charge on any atom is -0.394 e. The normalized spacial score (nSPS) is 20.9. The third-order valence-corrected chi connectivity index (χ3v) is 11.3. The van der Waals surface area contributed by atoms with E-state index >= 15 is 0 Å². The molecule has 378 valence electrons. The number of ether oxygens (including phenoxy) is 2. The van der Waals surface area contributed by atoms with Crippen LogP contribution in [0.5, 0.6) is 0 Å². The molecular weight excluding hydrogens is 839 g/mol. The summed E-state index contributed by atoms with van der Waals surface area (Å²) in [6.45, 7) is 3.37. The van der Waals surface area contributed by atoms with E-state index in [0.717, 1.165) is 109 Å². The average Bonchev–Trinajstić information content (AvgIpc) is 3.33. The highest BCUT2D eigenvalue weighted by Gasteiger charge is 2.44. The predicted molar refractivity (Wildman–Crippen MR) is 280 cm³/mol. The molecule has 1 saturated heterocycles. The molecule has 1 amide bonds. The van der Waals surface area contributed by atoms with Crippen molar-refractivity contribution in [3.63, 3.8) is 0 Å². The van der Waals surface area contributed by atoms with E-state index in [0.29, 0.717) is 6.42 Å². The van der Waals surface area contributed by atoms with Crippen molar-refractivity contribution in [2.45, 2.75) is 211 Å². The van der Waals surface area contributed by atoms with E-state index in [1.54, 1.807) is 6.08 Å². The first-order valence-corrected chi connectivity index (χ1v) is 25.9. The fraction of sp³-hybridized carbons (Fsp3) is 0.603. The number of carbonyl (C=O) groups excluding carboxylic acids is 1. The smallest absolute Gasteiger partial charge is 0.220 e. The maximum Gasteiger partial charge on any atom is 0.220 e. The Balaban J connectivity index is 2.16. The molecule has 1 aliphatic rings. The minimum absolute atomic E-state index is 0.206. The molecule has 0 aromatic heterocycles. The number of hydrogen-bond donors (Lipinski definition) is 6. The molecule has 9 nitrogen and oxygen atoms in total. The Morgan fingerprint density at radius 1 is 0.537 bits per heavy atom. The molecule has 67 heavy (non-hydrogen) atoms. The van der Waals surface area contributed by atoms with Gasteiger partial charge in [0.2, 0.25) is 5.91 Å². The summed E-state index contributed by atoms with van der Waals surface area (Å²) in [6, 6.07) is -0.837. The number of aliphatic hydroxyl groups excluding tert-OH is 5. The molecule has 0 aliphatic carbocycles. The van der Waals surface area contributed by atoms with Crippen LogP contribution in [0.4, 0.5) is 0 Å². The topological polar surface area (TPSA) is 149 Å². The highest BCUT2D eigenvalue weighted by molar-refractivity contribution is 5.76. The van der Waals surface area contributed by atoms with Crippen molar-refractivity contribution in [2.24, 2.45) is 0 Å². The Labute approximate surface area is 407 Å². The summed E-state index contributed by atoms with van der Waals surface area (Å²) in [5, 5.41) is 54.0. The van der Waals surface area contributed by atoms with Crippen LogP contribution in [0.3, 0.4) is 0 Å². The van der Waals surface area contributed by atoms with Gasteiger partial charge in [0.15, 0.2) is 6.29 Å². The number of amides is 1. The number of unbranched alkanes of at least 4 members (excludes halogenated alkanes) is 12. The van der Waals surface area contributed by atoms with E-state index in [1.165, 1.54) is 38.5 Å². The molecule has 7 atom stereocenters. The van der Waals surface area contributed by atoms with Gasteiger partial charge in [-0.25, -0.2) is 0 Å². The summed E-state index contributed by atoms with van der Waals surface area (Å²) in [5.41, 5.74) is 0. The van der Waals surface area contributed by atoms with Crippen LogP contribution in [-0.2, 0) is 14.3 Å². The van der Waals surface area contributed by atoms with E-state index in [4.69, 9.17) is 9.47 Å². The van der Waals surface area contributed by atoms with Crippen LogP contribution in [-0.4, -0.2) is 87.5 Å². The Morgan fingerprint density at radius 2 is 0.955 bits per heavy atom. The van der Waals surface area contributed by atoms with Crippen LogP contribution in [0, 0.1) is 0 Å². The summed E-state index contributed by atoms with van der Waals surface area (Å²) in [6.07, 6.45) is 64.0. The van der Waals surface area contributed by atoms with Gasteiger partial charge in [0, 0.05) is 6.42 Å². The summed E-state index contributed by atoms with van der Waals surface area (Å²) in [5.74, 6) is -0.206. The van der Waals surface area contributed by atoms with Crippen molar-refractivity contribution in [1.29, 1.82) is 0 Å². The number of nitrogens with one attached hydrogen (secondary N) is 1. The maximum atomic E-state index is 13.0. The largest absolute Gasteiger partial charge is 0.394 e. The van der Waals surface area contributed by atoms with Crippen molar-refractivity contribution in [2.75, 3.05) is 13.2 Å². The molecule has 1 fully saturated rings. The third-order valence-electron chi connectivity index (χ3n) is 11.3. The molecule has 9 heteroatoms. The molecule has 6 N–H and O–H groups in total. The van der Waals surface area contributed by atoms with Gasteiger partial charge in [0.1, 0.15) is 24.4 Å². The van der Waals surface area contributed by atoms with Gasteiger partial charge in [-0.2, -0.15) is 0 Å². The van der Waals surface area contributed by atoms with Crippen LogP contribution in [0.25, 0.3) is 0 Å². The Bertz CT molecular complexity index is 1500. The second-order valence-corrected chi connectivity index (χ2v) is 17.2. The number of aliphatic hydroxyl groups is 5. The van der Waals surface area contributed by atoms with Crippen molar-refractivity contribution in [3.05, 3.63) is 134 Å². The Hall–Kier alpha value is -3.67. The quantitative estimate of drug-likeness (QED) is 0.0262. The van der Waals surface area contributed by atoms with Gasteiger partial charge in [0.25, 0.3) is 0 Å². The Morgan fingerprint density at radius 3 is 1.43 bits per heavy atom. The third kappa shape index (κ3) is 36.0. The number of hydrogen-bond acceptors (Lipinski definition) is 8. The zero-order chi connectivity index (χ0) is 48.7. The second-order valence-electron chi connectivity index (χ2n) is 17.2. The summed E-state index contributed by atoms with van der Waals surface area (Å²) < 4.78 is 11.2. The van der Waals surface area contributed by atoms with Crippen molar-refractivity contribution in [1.82, 2.24) is 5.32 Å². The average molecular weight is 932 g/mol. The first-order chi connectivity index (χ1) is 32.8. The highest BCUT2D eigenvalue weighted by Crippen LogP contribution is 2.22. The molecule has 0 saturated carbocycles. The highest BCUT2D eigenvalue weighted by atomic mass is 16.7. The van der Waals surface area contributed by atoms with Crippen LogP contribution in [0.2, 0.25) is 0 Å². The molecule has 1 aliphatic heterocycles. The molecular formula is C58H93NO8. The van der Waals surface area contributed by atoms with Crippen LogP contribution in [0.15, 0.2) is 134 Å². The molecule has 0 aromatic rings. The summed E-state index contributed by atoms with van der Waals surface area (Å²) >= 11 is 0. The molecule has 1 heterocycles. The fourth-order valence-electron chi connectivity index (χ4n) is 7.21. The predicted octanol–water partition coefficient (Wildman–Crippen LogP) is 12.2. The standard InChI is InChI=1S/C58H93NO8/c1-3-5-7-9-11-13-14-15-16-17-18-19-20-21-22-23-24-25-26-27-28-29-30-31-32-33-34-35-36-37-38-40-42-44-46-48-54(62)59-51(52(61)47-45-43-41-39-12-10-8-6-4-2)50-66-58-57(65)56(64)55(63)53(49-60)67-58/h4-7,11-13,15-16,18-19,21-22,24-25,27-28,30-31,39,45,47,51-53,55-58,60-61,63-65H,3,8-10,14,17,20,23,26,29,32-38,40-44,46,48-50H2,1-2H3,(H,59,62)/b6-4+,7-5-,13-11-,16-15-,19-18-,22-21-,25-24-,28-27-,31-30-,39-12+,47-45+. The SMILES string of the molecule is C/C=C/CC/C=C/CC/C=C/C(O)C(COC1OC(CO)C(O)C(O)C1O)NC(=O)CCCCCCCCCCCC/C=C\C/C=C\C/C=C\C/C=C\C/C=C\C/C=C\C/C=C\C/C=C\CC. The molecule has 7 unspecified atom stereocenters. The van der Waals surface area contributed by atoms with Gasteiger partial charge in [-0.1, -0.05) is 192 Å². The molecule has 0 radical (unpaired) electrons. The van der Waals surface area contributed by atoms with E-state index in [-0.39, 0.29) is 12.5 Å². The van der Waals surface area contributed by atoms with Gasteiger partial charge in [0.05, 0.1) is 25.4 Å². The lowest BCUT2D eigenvalue weighted by atomic mass is 9.99. The van der Waals surface area contributed by atoms with Gasteiger partial charge in [-0.05, 0) is 103 Å². The Kier molecular flexibility index (Phi) is 42.2. The van der Waals surface area contributed by atoms with Crippen molar-refractivity contribution >= 4 is 5.91 Å². The van der Waals surface area contributed by atoms with E-state index in [2.05, 4.69) is 128 Å². The monoisotopic (exact) mass is 932 g/mol. The lowest BCUT2D eigenvalue weighted by Gasteiger charge is -2.40. The number of rotatable bonds is 41. The summed E-state index contributed by atoms with van der Waals surface area (Å²) in [4.78, 5) is 13.0. The lowest BCUT2D eigenvalue weighted by molar-refractivity contribution is -0.302. The first kappa shape index (κ1) is 61.3. The zero-order valence-corrected chi connectivity index (χ0v) is 41.6. The van der Waals surface area contributed by atoms with Crippen LogP contribution >= 0.6 is 0 Å². The number of allylic oxidation sites excluding steroid dienone is 21. The van der Waals surface area contributed by atoms with E-state index in [1.807, 2.05) is 19.1 Å². The molecule has 0 aromatic carbocycles. The van der Waals surface area contributed by atoms with Gasteiger partial charge in [-0.3, -0.25) is 4.79 Å². The number of carbonyl (C=O) groups is 1. The second kappa shape index (κ2) is 46.1. The maximum absolute atomic E-state index is 13.0. The lowest BCUT2D eigenvalue weighted by Crippen LogP contribution is -2.60. The molecule has 1 rings (SSSR count). The van der Waals surface area contributed by atoms with Crippen LogP contribution in [0.1, 0.15) is 168 Å². The summed E-state index contributed by atoms with van der Waals surface area (Å²) in [7, 11) is 0. The van der Waals surface area contributed by atoms with Gasteiger partial charge >= 0.3 is 0 Å². The minimum atomic E-state index is -1.58. The van der Waals surface area contributed by atoms with Gasteiger partial charge < -0.3 is 40.3 Å². The van der Waals surface area contributed by atoms with Crippen molar-refractivity contribution < 1.29 is 39.8 Å². The van der Waals surface area contributed by atoms with Crippen molar-refractivity contribution in [3.8, 4) is 0 Å². The molecule has 0 bridgehead atoms. The van der Waals surface area contributed by atoms with Crippen LogP contribution < -0.4 is 5.32 Å². The van der Waals surface area contributed by atoms with E-state index < -0.39 is 49.5 Å². The fourth-order valence-corrected chi connectivity index (χ4v) is 7.21. The van der Waals surface area contributed by atoms with Gasteiger partial charge in [-0.15, -0.1) is 0 Å². The van der Waals surface area contributed by atoms with E-state index in [9.17, 15) is 30.3 Å².